The SMILES string of the molecule is O=C(NCC(F)F)c1ccccc1Nc1nc(Cl)ncc1Br. The van der Waals surface area contributed by atoms with Gasteiger partial charge in [-0.2, -0.15) is 4.98 Å². The summed E-state index contributed by atoms with van der Waals surface area (Å²) < 4.78 is 24.9. The third kappa shape index (κ3) is 4.35. The van der Waals surface area contributed by atoms with Gasteiger partial charge in [0.1, 0.15) is 5.82 Å². The number of rotatable bonds is 5. The predicted molar refractivity (Wildman–Crippen MR) is 82.8 cm³/mol. The van der Waals surface area contributed by atoms with E-state index in [4.69, 9.17) is 11.6 Å². The Morgan fingerprint density at radius 3 is 2.82 bits per heavy atom. The summed E-state index contributed by atoms with van der Waals surface area (Å²) in [4.78, 5) is 19.7. The zero-order valence-corrected chi connectivity index (χ0v) is 13.3. The lowest BCUT2D eigenvalue weighted by molar-refractivity contribution is 0.0892. The number of benzene rings is 1. The van der Waals surface area contributed by atoms with Crippen molar-refractivity contribution < 1.29 is 13.6 Å². The maximum absolute atomic E-state index is 12.2. The van der Waals surface area contributed by atoms with E-state index < -0.39 is 18.9 Å². The fourth-order valence-corrected chi connectivity index (χ4v) is 2.04. The standard InChI is InChI=1S/C13H10BrClF2N4O/c14-8-5-19-13(15)21-11(8)20-9-4-2-1-3-7(9)12(22)18-6-10(16)17/h1-5,10H,6H2,(H,18,22)(H,19,20,21). The summed E-state index contributed by atoms with van der Waals surface area (Å²) in [7, 11) is 0. The first-order valence-corrected chi connectivity index (χ1v) is 7.25. The maximum Gasteiger partial charge on any atom is 0.255 e. The van der Waals surface area contributed by atoms with Crippen molar-refractivity contribution in [3.63, 3.8) is 0 Å². The van der Waals surface area contributed by atoms with Crippen LogP contribution < -0.4 is 10.6 Å². The molecule has 0 aliphatic heterocycles. The van der Waals surface area contributed by atoms with Crippen molar-refractivity contribution in [3.05, 3.63) is 45.8 Å². The highest BCUT2D eigenvalue weighted by atomic mass is 79.9. The lowest BCUT2D eigenvalue weighted by atomic mass is 10.1. The molecule has 2 rings (SSSR count). The lowest BCUT2D eigenvalue weighted by Gasteiger charge is -2.12. The Kier molecular flexibility index (Phi) is 5.62. The van der Waals surface area contributed by atoms with E-state index in [9.17, 15) is 13.6 Å². The number of halogens is 4. The Hall–Kier alpha value is -1.80. The minimum Gasteiger partial charge on any atom is -0.346 e. The largest absolute Gasteiger partial charge is 0.346 e. The summed E-state index contributed by atoms with van der Waals surface area (Å²) in [6.45, 7) is -0.712. The molecule has 1 heterocycles. The highest BCUT2D eigenvalue weighted by molar-refractivity contribution is 9.10. The minimum absolute atomic E-state index is 0.0327. The van der Waals surface area contributed by atoms with Crippen LogP contribution in [0.3, 0.4) is 0 Å². The predicted octanol–water partition coefficient (Wildman–Crippen LogP) is 3.63. The number of hydrogen-bond donors (Lipinski definition) is 2. The van der Waals surface area contributed by atoms with E-state index in [1.807, 2.05) is 0 Å². The number of carbonyl (C=O) groups is 1. The molecule has 2 aromatic rings. The van der Waals surface area contributed by atoms with Crippen molar-refractivity contribution in [1.82, 2.24) is 15.3 Å². The molecule has 0 saturated carbocycles. The second-order valence-corrected chi connectivity index (χ2v) is 5.30. The van der Waals surface area contributed by atoms with Gasteiger partial charge in [0, 0.05) is 6.20 Å². The van der Waals surface area contributed by atoms with Gasteiger partial charge in [0.25, 0.3) is 12.3 Å². The fraction of sp³-hybridized carbons (Fsp3) is 0.154. The summed E-state index contributed by atoms with van der Waals surface area (Å²) >= 11 is 8.98. The Morgan fingerprint density at radius 1 is 1.36 bits per heavy atom. The van der Waals surface area contributed by atoms with Crippen molar-refractivity contribution in [2.45, 2.75) is 6.43 Å². The quantitative estimate of drug-likeness (QED) is 0.764. The molecule has 22 heavy (non-hydrogen) atoms. The number of nitrogens with one attached hydrogen (secondary N) is 2. The molecule has 2 N–H and O–H groups in total. The summed E-state index contributed by atoms with van der Waals surface area (Å²) in [6, 6.07) is 6.47. The van der Waals surface area contributed by atoms with Gasteiger partial charge in [-0.1, -0.05) is 12.1 Å². The normalized spacial score (nSPS) is 10.6. The molecule has 1 aromatic heterocycles. The van der Waals surface area contributed by atoms with Crippen LogP contribution in [0.4, 0.5) is 20.3 Å². The van der Waals surface area contributed by atoms with Gasteiger partial charge in [0.2, 0.25) is 5.28 Å². The van der Waals surface area contributed by atoms with Crippen molar-refractivity contribution in [1.29, 1.82) is 0 Å². The van der Waals surface area contributed by atoms with E-state index in [0.717, 1.165) is 0 Å². The van der Waals surface area contributed by atoms with Crippen LogP contribution in [-0.4, -0.2) is 28.8 Å². The fourth-order valence-electron chi connectivity index (χ4n) is 1.62. The summed E-state index contributed by atoms with van der Waals surface area (Å²) in [5.74, 6) is -0.256. The smallest absolute Gasteiger partial charge is 0.255 e. The monoisotopic (exact) mass is 390 g/mol. The molecule has 5 nitrogen and oxygen atoms in total. The van der Waals surface area contributed by atoms with Gasteiger partial charge >= 0.3 is 0 Å². The van der Waals surface area contributed by atoms with Crippen LogP contribution in [0.25, 0.3) is 0 Å². The van der Waals surface area contributed by atoms with E-state index in [0.29, 0.717) is 16.0 Å². The number of anilines is 2. The average molecular weight is 392 g/mol. The highest BCUT2D eigenvalue weighted by Gasteiger charge is 2.14. The van der Waals surface area contributed by atoms with Crippen LogP contribution in [0.1, 0.15) is 10.4 Å². The van der Waals surface area contributed by atoms with Crippen LogP contribution in [0.2, 0.25) is 5.28 Å². The molecule has 0 saturated heterocycles. The number of carbonyl (C=O) groups excluding carboxylic acids is 1. The molecule has 0 radical (unpaired) electrons. The van der Waals surface area contributed by atoms with Gasteiger partial charge in [0.15, 0.2) is 0 Å². The van der Waals surface area contributed by atoms with Crippen LogP contribution in [0.15, 0.2) is 34.9 Å². The molecular weight excluding hydrogens is 382 g/mol. The van der Waals surface area contributed by atoms with E-state index in [1.165, 1.54) is 12.3 Å². The number of hydrogen-bond acceptors (Lipinski definition) is 4. The third-order valence-corrected chi connectivity index (χ3v) is 3.32. The van der Waals surface area contributed by atoms with Gasteiger partial charge < -0.3 is 10.6 Å². The van der Waals surface area contributed by atoms with E-state index in [2.05, 4.69) is 36.5 Å². The summed E-state index contributed by atoms with van der Waals surface area (Å²) in [5, 5.41) is 5.10. The maximum atomic E-state index is 12.2. The first-order chi connectivity index (χ1) is 10.5. The molecule has 9 heteroatoms. The Bertz CT molecular complexity index is 687. The summed E-state index contributed by atoms with van der Waals surface area (Å²) in [6.07, 6.45) is -1.16. The van der Waals surface area contributed by atoms with Crippen molar-refractivity contribution in [2.75, 3.05) is 11.9 Å². The molecule has 0 unspecified atom stereocenters. The molecule has 0 aliphatic carbocycles. The molecule has 0 atom stereocenters. The number of aromatic nitrogens is 2. The second-order valence-electron chi connectivity index (χ2n) is 4.11. The molecule has 0 bridgehead atoms. The van der Waals surface area contributed by atoms with E-state index in [1.54, 1.807) is 18.2 Å². The van der Waals surface area contributed by atoms with Gasteiger partial charge in [-0.25, -0.2) is 13.8 Å². The zero-order chi connectivity index (χ0) is 16.1. The molecule has 1 amide bonds. The zero-order valence-electron chi connectivity index (χ0n) is 11.0. The van der Waals surface area contributed by atoms with Crippen molar-refractivity contribution >= 4 is 44.9 Å². The Morgan fingerprint density at radius 2 is 2.09 bits per heavy atom. The Labute approximate surface area is 138 Å². The summed E-state index contributed by atoms with van der Waals surface area (Å²) in [5.41, 5.74) is 0.620. The lowest BCUT2D eigenvalue weighted by Crippen LogP contribution is -2.29. The van der Waals surface area contributed by atoms with E-state index in [-0.39, 0.29) is 10.8 Å². The first kappa shape index (κ1) is 16.6. The van der Waals surface area contributed by atoms with Crippen LogP contribution >= 0.6 is 27.5 Å². The molecule has 116 valence electrons. The van der Waals surface area contributed by atoms with Gasteiger partial charge in [0.05, 0.1) is 22.3 Å². The third-order valence-electron chi connectivity index (χ3n) is 2.56. The molecule has 1 aromatic carbocycles. The molecule has 0 spiro atoms. The van der Waals surface area contributed by atoms with Gasteiger partial charge in [-0.05, 0) is 39.7 Å². The van der Waals surface area contributed by atoms with Gasteiger partial charge in [-0.3, -0.25) is 4.79 Å². The van der Waals surface area contributed by atoms with Gasteiger partial charge in [-0.15, -0.1) is 0 Å². The molecule has 0 aliphatic rings. The molecule has 0 fully saturated rings. The number of para-hydroxylation sites is 1. The number of alkyl halides is 2. The highest BCUT2D eigenvalue weighted by Crippen LogP contribution is 2.26. The average Bonchev–Trinajstić information content (AvgIpc) is 2.49. The topological polar surface area (TPSA) is 66.9 Å². The van der Waals surface area contributed by atoms with Crippen LogP contribution in [-0.2, 0) is 0 Å². The second kappa shape index (κ2) is 7.46. The molecular formula is C13H10BrClF2N4O. The van der Waals surface area contributed by atoms with Crippen LogP contribution in [0, 0.1) is 0 Å². The van der Waals surface area contributed by atoms with E-state index >= 15 is 0 Å². The Balaban J connectivity index is 2.25. The minimum atomic E-state index is -2.61. The van der Waals surface area contributed by atoms with Crippen LogP contribution in [0.5, 0.6) is 0 Å². The van der Waals surface area contributed by atoms with Crippen molar-refractivity contribution in [2.24, 2.45) is 0 Å². The first-order valence-electron chi connectivity index (χ1n) is 6.08. The van der Waals surface area contributed by atoms with Crippen molar-refractivity contribution in [3.8, 4) is 0 Å². The number of amides is 1. The number of nitrogens with zero attached hydrogens (tertiary/aromatic N) is 2.